The zero-order valence-corrected chi connectivity index (χ0v) is 12.0. The Morgan fingerprint density at radius 2 is 1.61 bits per heavy atom. The summed E-state index contributed by atoms with van der Waals surface area (Å²) in [6, 6.07) is 3.88. The number of hydrogen-bond acceptors (Lipinski definition) is 3. The molecule has 0 amide bonds. The van der Waals surface area contributed by atoms with E-state index in [1.165, 1.54) is 0 Å². The zero-order valence-electron chi connectivity index (χ0n) is 10.4. The van der Waals surface area contributed by atoms with Gasteiger partial charge < -0.3 is 13.9 Å². The van der Waals surface area contributed by atoms with Crippen molar-refractivity contribution < 1.29 is 13.9 Å². The Bertz CT molecular complexity index is 692. The van der Waals surface area contributed by atoms with Crippen LogP contribution in [0.25, 0.3) is 21.9 Å². The van der Waals surface area contributed by atoms with Crippen molar-refractivity contribution in [2.75, 3.05) is 0 Å². The van der Waals surface area contributed by atoms with Gasteiger partial charge in [0.15, 0.2) is 0 Å². The molecular formula is C14H13BrO3. The number of furan rings is 2. The van der Waals surface area contributed by atoms with Gasteiger partial charge in [-0.3, -0.25) is 0 Å². The summed E-state index contributed by atoms with van der Waals surface area (Å²) in [4.78, 5) is 0. The first-order valence-corrected chi connectivity index (χ1v) is 6.58. The minimum atomic E-state index is -0.606. The number of fused-ring (bicyclic) bond motifs is 2. The van der Waals surface area contributed by atoms with Gasteiger partial charge in [-0.15, -0.1) is 0 Å². The summed E-state index contributed by atoms with van der Waals surface area (Å²) in [7, 11) is 0. The molecule has 0 fully saturated rings. The average molecular weight is 309 g/mol. The normalized spacial score (nSPS) is 13.6. The van der Waals surface area contributed by atoms with E-state index in [4.69, 9.17) is 8.83 Å². The lowest BCUT2D eigenvalue weighted by atomic mass is 10.0. The van der Waals surface area contributed by atoms with Crippen molar-refractivity contribution in [1.82, 2.24) is 0 Å². The molecule has 3 rings (SSSR count). The molecule has 0 saturated heterocycles. The number of aryl methyl sites for hydroxylation is 2. The lowest BCUT2D eigenvalue weighted by molar-refractivity contribution is 0.201. The molecule has 2 heterocycles. The Morgan fingerprint density at radius 3 is 2.22 bits per heavy atom. The van der Waals surface area contributed by atoms with Gasteiger partial charge in [-0.1, -0.05) is 0 Å². The highest BCUT2D eigenvalue weighted by Gasteiger charge is 2.21. The molecule has 0 radical (unpaired) electrons. The molecule has 0 aliphatic heterocycles. The lowest BCUT2D eigenvalue weighted by Crippen LogP contribution is -1.93. The second-order valence-corrected chi connectivity index (χ2v) is 5.40. The maximum Gasteiger partial charge on any atom is 0.149 e. The van der Waals surface area contributed by atoms with Gasteiger partial charge >= 0.3 is 0 Å². The molecule has 3 nitrogen and oxygen atoms in total. The van der Waals surface area contributed by atoms with Crippen molar-refractivity contribution in [2.45, 2.75) is 26.9 Å². The van der Waals surface area contributed by atoms with E-state index < -0.39 is 6.10 Å². The van der Waals surface area contributed by atoms with Gasteiger partial charge in [0.1, 0.15) is 22.7 Å². The Balaban J connectivity index is 2.60. The number of halogens is 1. The predicted octanol–water partition coefficient (Wildman–Crippen LogP) is 4.61. The second-order valence-electron chi connectivity index (χ2n) is 4.60. The Labute approximate surface area is 113 Å². The van der Waals surface area contributed by atoms with Crippen molar-refractivity contribution in [1.29, 1.82) is 0 Å². The Morgan fingerprint density at radius 1 is 1.06 bits per heavy atom. The van der Waals surface area contributed by atoms with E-state index in [2.05, 4.69) is 15.9 Å². The summed E-state index contributed by atoms with van der Waals surface area (Å²) in [5.41, 5.74) is 2.27. The maximum absolute atomic E-state index is 10.0. The van der Waals surface area contributed by atoms with Crippen molar-refractivity contribution in [3.8, 4) is 0 Å². The van der Waals surface area contributed by atoms with Gasteiger partial charge in [-0.2, -0.15) is 0 Å². The number of rotatable bonds is 1. The van der Waals surface area contributed by atoms with Crippen molar-refractivity contribution in [2.24, 2.45) is 0 Å². The van der Waals surface area contributed by atoms with Crippen LogP contribution in [-0.4, -0.2) is 5.11 Å². The molecule has 0 bridgehead atoms. The van der Waals surface area contributed by atoms with E-state index >= 15 is 0 Å². The summed E-state index contributed by atoms with van der Waals surface area (Å²) >= 11 is 3.56. The van der Waals surface area contributed by atoms with E-state index in [1.807, 2.05) is 26.0 Å². The highest BCUT2D eigenvalue weighted by Crippen LogP contribution is 2.41. The van der Waals surface area contributed by atoms with E-state index in [1.54, 1.807) is 6.92 Å². The van der Waals surface area contributed by atoms with Gasteiger partial charge in [0.05, 0.1) is 10.6 Å². The van der Waals surface area contributed by atoms with Crippen LogP contribution in [0.1, 0.15) is 30.1 Å². The van der Waals surface area contributed by atoms with Crippen LogP contribution in [0.15, 0.2) is 25.4 Å². The fraction of sp³-hybridized carbons (Fsp3) is 0.286. The van der Waals surface area contributed by atoms with E-state index in [-0.39, 0.29) is 0 Å². The van der Waals surface area contributed by atoms with Gasteiger partial charge in [0.2, 0.25) is 0 Å². The number of aliphatic hydroxyl groups excluding tert-OH is 1. The fourth-order valence-electron chi connectivity index (χ4n) is 2.41. The van der Waals surface area contributed by atoms with E-state index in [0.717, 1.165) is 43.5 Å². The summed E-state index contributed by atoms with van der Waals surface area (Å²) in [6.45, 7) is 5.53. The van der Waals surface area contributed by atoms with Crippen LogP contribution in [0.3, 0.4) is 0 Å². The third-order valence-corrected chi connectivity index (χ3v) is 3.89. The summed E-state index contributed by atoms with van der Waals surface area (Å²) < 4.78 is 12.3. The summed E-state index contributed by atoms with van der Waals surface area (Å²) in [6.07, 6.45) is -0.606. The highest BCUT2D eigenvalue weighted by atomic mass is 79.9. The molecule has 94 valence electrons. The second kappa shape index (κ2) is 3.87. The number of benzene rings is 1. The van der Waals surface area contributed by atoms with E-state index in [9.17, 15) is 5.11 Å². The molecule has 1 unspecified atom stereocenters. The number of aliphatic hydroxyl groups is 1. The largest absolute Gasteiger partial charge is 0.461 e. The Hall–Kier alpha value is -1.26. The van der Waals surface area contributed by atoms with Crippen molar-refractivity contribution in [3.05, 3.63) is 33.7 Å². The molecule has 1 N–H and O–H groups in total. The molecule has 4 heteroatoms. The molecule has 0 spiro atoms. The quantitative estimate of drug-likeness (QED) is 0.714. The highest BCUT2D eigenvalue weighted by molar-refractivity contribution is 9.10. The monoisotopic (exact) mass is 308 g/mol. The first-order chi connectivity index (χ1) is 8.49. The minimum absolute atomic E-state index is 0.606. The topological polar surface area (TPSA) is 46.5 Å². The molecule has 1 aromatic carbocycles. The molecule has 3 aromatic rings. The molecule has 1 atom stereocenters. The van der Waals surface area contributed by atoms with Gasteiger partial charge in [0.25, 0.3) is 0 Å². The van der Waals surface area contributed by atoms with Crippen LogP contribution < -0.4 is 0 Å². The maximum atomic E-state index is 10.0. The van der Waals surface area contributed by atoms with Gasteiger partial charge in [0, 0.05) is 16.3 Å². The lowest BCUT2D eigenvalue weighted by Gasteiger charge is -2.08. The average Bonchev–Trinajstić information content (AvgIpc) is 2.81. The van der Waals surface area contributed by atoms with Gasteiger partial charge in [-0.25, -0.2) is 0 Å². The minimum Gasteiger partial charge on any atom is -0.461 e. The molecule has 0 aliphatic rings. The zero-order chi connectivity index (χ0) is 13.0. The smallest absolute Gasteiger partial charge is 0.149 e. The summed E-state index contributed by atoms with van der Waals surface area (Å²) in [5, 5.41) is 11.8. The standard InChI is InChI=1S/C14H13BrO3/c1-6-4-9-11(8(3)16)13-10(5-7(2)17-13)12(15)14(9)18-6/h4-5,8,16H,1-3H3. The van der Waals surface area contributed by atoms with Crippen molar-refractivity contribution in [3.63, 3.8) is 0 Å². The van der Waals surface area contributed by atoms with Crippen LogP contribution >= 0.6 is 15.9 Å². The fourth-order valence-corrected chi connectivity index (χ4v) is 3.00. The van der Waals surface area contributed by atoms with Crippen LogP contribution in [0.5, 0.6) is 0 Å². The summed E-state index contributed by atoms with van der Waals surface area (Å²) in [5.74, 6) is 1.63. The van der Waals surface area contributed by atoms with Crippen LogP contribution in [0, 0.1) is 13.8 Å². The molecule has 18 heavy (non-hydrogen) atoms. The molecular weight excluding hydrogens is 296 g/mol. The Kier molecular flexibility index (Phi) is 2.54. The molecule has 2 aromatic heterocycles. The SMILES string of the molecule is Cc1cc2c(C(C)O)c3oc(C)cc3c(Br)c2o1. The van der Waals surface area contributed by atoms with E-state index in [0.29, 0.717) is 0 Å². The van der Waals surface area contributed by atoms with Crippen LogP contribution in [-0.2, 0) is 0 Å². The number of hydrogen-bond donors (Lipinski definition) is 1. The van der Waals surface area contributed by atoms with Crippen LogP contribution in [0.4, 0.5) is 0 Å². The first kappa shape index (κ1) is 11.8. The van der Waals surface area contributed by atoms with Crippen LogP contribution in [0.2, 0.25) is 0 Å². The predicted molar refractivity (Wildman–Crippen MR) is 73.8 cm³/mol. The van der Waals surface area contributed by atoms with Crippen molar-refractivity contribution >= 4 is 37.9 Å². The third kappa shape index (κ3) is 1.52. The first-order valence-electron chi connectivity index (χ1n) is 5.78. The molecule has 0 aliphatic carbocycles. The third-order valence-electron chi connectivity index (χ3n) is 3.10. The van der Waals surface area contributed by atoms with Gasteiger partial charge in [-0.05, 0) is 48.8 Å². The molecule has 0 saturated carbocycles.